The SMILES string of the molecule is CC1=C(C(=N)N(C)CSCCCN2C[C@@]3(C)C[C@@]3(c3cccc(F)c3)C2)OON1C. The van der Waals surface area contributed by atoms with Crippen LogP contribution in [0.25, 0.3) is 0 Å². The molecule has 164 valence electrons. The number of halogens is 1. The first-order valence-corrected chi connectivity index (χ1v) is 11.6. The van der Waals surface area contributed by atoms with Gasteiger partial charge in [0.25, 0.3) is 0 Å². The summed E-state index contributed by atoms with van der Waals surface area (Å²) in [6, 6.07) is 7.18. The molecular weight excluding hydrogens is 403 g/mol. The number of fused-ring (bicyclic) bond motifs is 1. The van der Waals surface area contributed by atoms with E-state index < -0.39 is 0 Å². The van der Waals surface area contributed by atoms with Crippen LogP contribution in [0.15, 0.2) is 35.7 Å². The van der Waals surface area contributed by atoms with Crippen molar-refractivity contribution in [2.24, 2.45) is 5.41 Å². The number of allylic oxidation sites excluding steroid dienone is 1. The summed E-state index contributed by atoms with van der Waals surface area (Å²) >= 11 is 1.82. The minimum absolute atomic E-state index is 0.132. The Morgan fingerprint density at radius 1 is 1.37 bits per heavy atom. The Morgan fingerprint density at radius 2 is 2.17 bits per heavy atom. The van der Waals surface area contributed by atoms with Crippen LogP contribution >= 0.6 is 11.8 Å². The lowest BCUT2D eigenvalue weighted by Gasteiger charge is -2.22. The Kier molecular flexibility index (Phi) is 5.76. The quantitative estimate of drug-likeness (QED) is 0.221. The van der Waals surface area contributed by atoms with E-state index in [-0.39, 0.29) is 16.6 Å². The number of benzene rings is 1. The van der Waals surface area contributed by atoms with Crippen LogP contribution in [0.4, 0.5) is 4.39 Å². The molecule has 0 bridgehead atoms. The molecule has 1 saturated heterocycles. The topological polar surface area (TPSA) is 52.0 Å². The van der Waals surface area contributed by atoms with E-state index in [2.05, 4.69) is 17.9 Å². The molecule has 2 heterocycles. The monoisotopic (exact) mass is 434 g/mol. The van der Waals surface area contributed by atoms with Gasteiger partial charge in [-0.2, -0.15) is 0 Å². The Morgan fingerprint density at radius 3 is 2.87 bits per heavy atom. The molecule has 4 rings (SSSR count). The number of hydrogen-bond acceptors (Lipinski definition) is 6. The van der Waals surface area contributed by atoms with Gasteiger partial charge in [-0.15, -0.1) is 11.8 Å². The molecular formula is C22H31FN4O2S. The van der Waals surface area contributed by atoms with Crippen molar-refractivity contribution in [2.45, 2.75) is 32.1 Å². The Hall–Kier alpha value is -1.77. The molecule has 1 N–H and O–H groups in total. The zero-order valence-electron chi connectivity index (χ0n) is 18.2. The first-order valence-electron chi connectivity index (χ1n) is 10.4. The van der Waals surface area contributed by atoms with E-state index in [0.717, 1.165) is 55.4 Å². The Bertz CT molecular complexity index is 865. The molecule has 1 saturated carbocycles. The van der Waals surface area contributed by atoms with Gasteiger partial charge in [0.15, 0.2) is 5.84 Å². The maximum Gasteiger partial charge on any atom is 0.231 e. The highest BCUT2D eigenvalue weighted by atomic mass is 32.2. The standard InChI is InChI=1S/C22H31FN4O2S/c1-16-19(28-29-26(16)4)20(24)25(3)15-30-10-6-9-27-13-21(2)12-22(21,14-27)17-7-5-8-18(23)11-17/h5,7-8,11,24H,6,9-10,12-15H2,1-4H3/t21-,22+/m1/s1. The zero-order valence-corrected chi connectivity index (χ0v) is 19.0. The van der Waals surface area contributed by atoms with Crippen molar-refractivity contribution >= 4 is 17.6 Å². The molecule has 1 aromatic rings. The largest absolute Gasteiger partial charge is 0.348 e. The van der Waals surface area contributed by atoms with Gasteiger partial charge in [0, 0.05) is 32.6 Å². The van der Waals surface area contributed by atoms with Crippen LogP contribution in [0.5, 0.6) is 0 Å². The maximum absolute atomic E-state index is 13.7. The number of amidine groups is 1. The van der Waals surface area contributed by atoms with Gasteiger partial charge in [-0.25, -0.2) is 9.45 Å². The van der Waals surface area contributed by atoms with Crippen LogP contribution in [-0.4, -0.2) is 66.1 Å². The lowest BCUT2D eigenvalue weighted by Crippen LogP contribution is -2.29. The molecule has 30 heavy (non-hydrogen) atoms. The molecule has 0 amide bonds. The molecule has 3 aliphatic rings. The number of piperidine rings is 1. The first kappa shape index (κ1) is 21.5. The molecule has 0 unspecified atom stereocenters. The third-order valence-corrected chi connectivity index (χ3v) is 7.99. The third-order valence-electron chi connectivity index (χ3n) is 6.84. The van der Waals surface area contributed by atoms with Crippen LogP contribution in [0, 0.1) is 16.6 Å². The number of hydroxylamine groups is 2. The fourth-order valence-corrected chi connectivity index (χ4v) is 5.75. The summed E-state index contributed by atoms with van der Waals surface area (Å²) in [5.74, 6) is 2.43. The molecule has 2 atom stereocenters. The zero-order chi connectivity index (χ0) is 21.5. The van der Waals surface area contributed by atoms with Crippen molar-refractivity contribution in [1.82, 2.24) is 14.9 Å². The van der Waals surface area contributed by atoms with E-state index in [4.69, 9.17) is 15.3 Å². The minimum atomic E-state index is -0.132. The van der Waals surface area contributed by atoms with Crippen molar-refractivity contribution in [3.63, 3.8) is 0 Å². The van der Waals surface area contributed by atoms with Gasteiger partial charge in [0.2, 0.25) is 5.76 Å². The van der Waals surface area contributed by atoms with E-state index in [1.54, 1.807) is 13.1 Å². The normalized spacial score (nSPS) is 28.0. The predicted molar refractivity (Wildman–Crippen MR) is 117 cm³/mol. The maximum atomic E-state index is 13.7. The Labute approximate surface area is 182 Å². The average Bonchev–Trinajstić information content (AvgIpc) is 2.98. The van der Waals surface area contributed by atoms with Gasteiger partial charge >= 0.3 is 0 Å². The molecule has 0 spiro atoms. The van der Waals surface area contributed by atoms with Crippen molar-refractivity contribution in [1.29, 1.82) is 5.41 Å². The predicted octanol–water partition coefficient (Wildman–Crippen LogP) is 3.82. The summed E-state index contributed by atoms with van der Waals surface area (Å²) in [5.41, 5.74) is 2.38. The van der Waals surface area contributed by atoms with Gasteiger partial charge in [0.05, 0.1) is 11.6 Å². The van der Waals surface area contributed by atoms with Gasteiger partial charge in [-0.3, -0.25) is 5.41 Å². The molecule has 0 radical (unpaired) electrons. The summed E-state index contributed by atoms with van der Waals surface area (Å²) < 4.78 is 13.7. The Balaban J connectivity index is 1.20. The number of likely N-dealkylation sites (N-methyl/N-ethyl adjacent to an activating group) is 1. The summed E-state index contributed by atoms with van der Waals surface area (Å²) in [6.07, 6.45) is 2.27. The van der Waals surface area contributed by atoms with E-state index in [9.17, 15) is 4.39 Å². The van der Waals surface area contributed by atoms with Gasteiger partial charge in [0.1, 0.15) is 5.82 Å². The smallest absolute Gasteiger partial charge is 0.231 e. The van der Waals surface area contributed by atoms with Crippen molar-refractivity contribution in [3.05, 3.63) is 47.1 Å². The van der Waals surface area contributed by atoms with E-state index in [0.29, 0.717) is 11.6 Å². The number of hydrogen-bond donors (Lipinski definition) is 1. The van der Waals surface area contributed by atoms with Crippen LogP contribution in [0.3, 0.4) is 0 Å². The molecule has 1 aliphatic carbocycles. The lowest BCUT2D eigenvalue weighted by molar-refractivity contribution is -0.354. The first-order chi connectivity index (χ1) is 14.3. The fraction of sp³-hybridized carbons (Fsp3) is 0.591. The fourth-order valence-electron chi connectivity index (χ4n) is 4.89. The van der Waals surface area contributed by atoms with E-state index in [1.807, 2.05) is 36.7 Å². The molecule has 0 aromatic heterocycles. The van der Waals surface area contributed by atoms with Crippen LogP contribution in [-0.2, 0) is 15.3 Å². The second-order valence-corrected chi connectivity index (χ2v) is 10.1. The summed E-state index contributed by atoms with van der Waals surface area (Å²) in [7, 11) is 3.65. The number of nitrogens with zero attached hydrogens (tertiary/aromatic N) is 3. The van der Waals surface area contributed by atoms with E-state index >= 15 is 0 Å². The average molecular weight is 435 g/mol. The van der Waals surface area contributed by atoms with E-state index in [1.165, 1.54) is 11.1 Å². The van der Waals surface area contributed by atoms with Crippen LogP contribution in [0.2, 0.25) is 0 Å². The van der Waals surface area contributed by atoms with Crippen molar-refractivity contribution in [2.75, 3.05) is 45.4 Å². The number of thioether (sulfide) groups is 1. The highest BCUT2D eigenvalue weighted by molar-refractivity contribution is 7.99. The molecule has 2 aliphatic heterocycles. The second-order valence-electron chi connectivity index (χ2n) is 9.05. The van der Waals surface area contributed by atoms with Gasteiger partial charge in [-0.05, 0) is 55.2 Å². The van der Waals surface area contributed by atoms with Gasteiger partial charge < -0.3 is 14.7 Å². The number of likely N-dealkylation sites (tertiary alicyclic amines) is 1. The summed E-state index contributed by atoms with van der Waals surface area (Å²) in [4.78, 5) is 14.5. The molecule has 6 nitrogen and oxygen atoms in total. The summed E-state index contributed by atoms with van der Waals surface area (Å²) in [5, 5.41) is 9.80. The number of rotatable bonds is 8. The highest BCUT2D eigenvalue weighted by Crippen LogP contribution is 2.68. The van der Waals surface area contributed by atoms with Crippen molar-refractivity contribution < 1.29 is 14.3 Å². The molecule has 2 fully saturated rings. The minimum Gasteiger partial charge on any atom is -0.348 e. The highest BCUT2D eigenvalue weighted by Gasteiger charge is 2.69. The van der Waals surface area contributed by atoms with Crippen LogP contribution < -0.4 is 0 Å². The molecule has 1 aromatic carbocycles. The van der Waals surface area contributed by atoms with Gasteiger partial charge in [-0.1, -0.05) is 24.0 Å². The molecule has 8 heteroatoms. The number of nitrogens with one attached hydrogen (secondary N) is 1. The lowest BCUT2D eigenvalue weighted by atomic mass is 9.90. The van der Waals surface area contributed by atoms with Crippen LogP contribution in [0.1, 0.15) is 32.3 Å². The third kappa shape index (κ3) is 3.81. The second kappa shape index (κ2) is 8.05. The van der Waals surface area contributed by atoms with Crippen molar-refractivity contribution in [3.8, 4) is 0 Å². The summed E-state index contributed by atoms with van der Waals surface area (Å²) in [6.45, 7) is 7.40.